The van der Waals surface area contributed by atoms with E-state index < -0.39 is 11.9 Å². The number of hydrogen-bond donors (Lipinski definition) is 0. The highest BCUT2D eigenvalue weighted by Gasteiger charge is 2.33. The van der Waals surface area contributed by atoms with Gasteiger partial charge in [-0.3, -0.25) is 4.99 Å². The number of allylic oxidation sites excluding steroid dienone is 6. The molecule has 1 heterocycles. The smallest absolute Gasteiger partial charge is 0.252 e. The fraction of sp³-hybridized carbons (Fsp3) is 0.133. The van der Waals surface area contributed by atoms with Gasteiger partial charge in [0, 0.05) is 6.21 Å². The fourth-order valence-corrected chi connectivity index (χ4v) is 1.78. The minimum atomic E-state index is -4.44. The van der Waals surface area contributed by atoms with E-state index >= 15 is 0 Å². The number of aliphatic imine (C=N–C) groups is 1. The highest BCUT2D eigenvalue weighted by atomic mass is 19.4. The van der Waals surface area contributed by atoms with Gasteiger partial charge in [-0.05, 0) is 35.8 Å². The van der Waals surface area contributed by atoms with Crippen molar-refractivity contribution in [3.8, 4) is 0 Å². The molecule has 19 heavy (non-hydrogen) atoms. The molecule has 0 saturated carbocycles. The van der Waals surface area contributed by atoms with E-state index in [0.29, 0.717) is 0 Å². The summed E-state index contributed by atoms with van der Waals surface area (Å²) in [6.45, 7) is 1.92. The van der Waals surface area contributed by atoms with Gasteiger partial charge in [-0.1, -0.05) is 36.4 Å². The van der Waals surface area contributed by atoms with Crippen LogP contribution in [-0.2, 0) is 0 Å². The Morgan fingerprint density at radius 3 is 2.47 bits per heavy atom. The number of halogens is 3. The minimum Gasteiger partial charge on any atom is -0.252 e. The first kappa shape index (κ1) is 13.3. The lowest BCUT2D eigenvalue weighted by atomic mass is 9.99. The average molecular weight is 263 g/mol. The van der Waals surface area contributed by atoms with Gasteiger partial charge in [-0.2, -0.15) is 13.2 Å². The molecule has 1 aliphatic rings. The highest BCUT2D eigenvalue weighted by Crippen LogP contribution is 2.28. The minimum absolute atomic E-state index is 0.728. The molecule has 0 amide bonds. The molecule has 0 fully saturated rings. The Bertz CT molecular complexity index is 590. The van der Waals surface area contributed by atoms with Gasteiger partial charge in [0.25, 0.3) is 0 Å². The summed E-state index contributed by atoms with van der Waals surface area (Å²) in [4.78, 5) is 3.38. The highest BCUT2D eigenvalue weighted by molar-refractivity contribution is 5.84. The summed E-state index contributed by atoms with van der Waals surface area (Å²) in [5.74, 6) is 0. The van der Waals surface area contributed by atoms with Crippen LogP contribution in [0.2, 0.25) is 0 Å². The van der Waals surface area contributed by atoms with Crippen LogP contribution < -0.4 is 0 Å². The molecule has 0 atom stereocenters. The van der Waals surface area contributed by atoms with Crippen LogP contribution in [-0.4, -0.2) is 12.4 Å². The normalized spacial score (nSPS) is 22.7. The van der Waals surface area contributed by atoms with Gasteiger partial charge in [0.2, 0.25) is 0 Å². The van der Waals surface area contributed by atoms with Crippen molar-refractivity contribution in [2.24, 2.45) is 4.99 Å². The lowest BCUT2D eigenvalue weighted by molar-refractivity contribution is -0.0922. The molecule has 98 valence electrons. The maximum absolute atomic E-state index is 12.6. The molecule has 0 spiro atoms. The predicted molar refractivity (Wildman–Crippen MR) is 70.9 cm³/mol. The van der Waals surface area contributed by atoms with Crippen molar-refractivity contribution in [2.75, 3.05) is 0 Å². The lowest BCUT2D eigenvalue weighted by Crippen LogP contribution is -2.10. The van der Waals surface area contributed by atoms with Crippen molar-refractivity contribution in [3.05, 3.63) is 65.4 Å². The maximum Gasteiger partial charge on any atom is 0.433 e. The second-order valence-corrected chi connectivity index (χ2v) is 4.12. The number of aryl methyl sites for hydroxylation is 1. The Labute approximate surface area is 109 Å². The van der Waals surface area contributed by atoms with Gasteiger partial charge in [0.05, 0.1) is 0 Å². The third-order valence-electron chi connectivity index (χ3n) is 2.74. The van der Waals surface area contributed by atoms with Crippen LogP contribution in [0.15, 0.2) is 59.3 Å². The fourth-order valence-electron chi connectivity index (χ4n) is 1.78. The molecule has 0 radical (unpaired) electrons. The van der Waals surface area contributed by atoms with Crippen molar-refractivity contribution in [2.45, 2.75) is 13.1 Å². The van der Waals surface area contributed by atoms with E-state index in [2.05, 4.69) is 4.99 Å². The molecule has 0 N–H and O–H groups in total. The molecule has 1 aliphatic heterocycles. The van der Waals surface area contributed by atoms with Gasteiger partial charge in [0.1, 0.15) is 5.70 Å². The predicted octanol–water partition coefficient (Wildman–Crippen LogP) is 4.47. The Morgan fingerprint density at radius 2 is 1.79 bits per heavy atom. The number of benzene rings is 1. The molecule has 0 aliphatic carbocycles. The number of rotatable bonds is 1. The zero-order valence-electron chi connectivity index (χ0n) is 10.3. The van der Waals surface area contributed by atoms with E-state index in [9.17, 15) is 13.2 Å². The summed E-state index contributed by atoms with van der Waals surface area (Å²) in [6, 6.07) is 7.55. The maximum atomic E-state index is 12.6. The van der Waals surface area contributed by atoms with Crippen molar-refractivity contribution >= 4 is 11.8 Å². The molecular formula is C15H12F3N. The molecule has 0 aromatic heterocycles. The summed E-state index contributed by atoms with van der Waals surface area (Å²) < 4.78 is 37.9. The van der Waals surface area contributed by atoms with Crippen LogP contribution in [0.1, 0.15) is 11.1 Å². The summed E-state index contributed by atoms with van der Waals surface area (Å²) in [7, 11) is 0. The average Bonchev–Trinajstić information content (AvgIpc) is 2.28. The molecule has 0 unspecified atom stereocenters. The van der Waals surface area contributed by atoms with E-state index in [4.69, 9.17) is 0 Å². The Balaban J connectivity index is 2.45. The van der Waals surface area contributed by atoms with Gasteiger partial charge >= 0.3 is 6.18 Å². The molecule has 1 nitrogen and oxygen atoms in total. The lowest BCUT2D eigenvalue weighted by Gasteiger charge is -2.09. The largest absolute Gasteiger partial charge is 0.433 e. The van der Waals surface area contributed by atoms with Gasteiger partial charge in [-0.25, -0.2) is 0 Å². The SMILES string of the molecule is Cc1ccccc1C1=C\C=C(\C(F)(F)F)N=C/C=C\1. The molecule has 0 saturated heterocycles. The molecule has 0 bridgehead atoms. The zero-order valence-corrected chi connectivity index (χ0v) is 10.3. The quantitative estimate of drug-likeness (QED) is 0.709. The Kier molecular flexibility index (Phi) is 3.69. The number of alkyl halides is 3. The van der Waals surface area contributed by atoms with E-state index in [0.717, 1.165) is 29.0 Å². The van der Waals surface area contributed by atoms with E-state index in [1.807, 2.05) is 31.2 Å². The topological polar surface area (TPSA) is 12.4 Å². The first-order valence-corrected chi connectivity index (χ1v) is 5.74. The monoisotopic (exact) mass is 263 g/mol. The second kappa shape index (κ2) is 5.26. The molecule has 4 heteroatoms. The third-order valence-corrected chi connectivity index (χ3v) is 2.74. The van der Waals surface area contributed by atoms with Crippen LogP contribution in [0, 0.1) is 6.92 Å². The van der Waals surface area contributed by atoms with Crippen LogP contribution in [0.4, 0.5) is 13.2 Å². The van der Waals surface area contributed by atoms with Crippen LogP contribution in [0.25, 0.3) is 5.57 Å². The van der Waals surface area contributed by atoms with E-state index in [-0.39, 0.29) is 0 Å². The van der Waals surface area contributed by atoms with E-state index in [1.54, 1.807) is 6.08 Å². The molecule has 1 aromatic carbocycles. The molecule has 1 aromatic rings. The summed E-state index contributed by atoms with van der Waals surface area (Å²) in [5.41, 5.74) is 1.75. The number of nitrogens with zero attached hydrogens (tertiary/aromatic N) is 1. The standard InChI is InChI=1S/C15H12F3N/c1-11-5-2-3-7-13(11)12-6-4-10-19-14(9-8-12)15(16,17)18/h2-10H,1H3/b6-4-,9-8?,10-4?,12-6?,12-8-,14-9-,19-10?,19-14?. The first-order chi connectivity index (χ1) is 8.98. The van der Waals surface area contributed by atoms with Gasteiger partial charge in [0.15, 0.2) is 0 Å². The van der Waals surface area contributed by atoms with Crippen LogP contribution in [0.3, 0.4) is 0 Å². The summed E-state index contributed by atoms with van der Waals surface area (Å²) in [5, 5.41) is 0. The van der Waals surface area contributed by atoms with E-state index in [1.165, 1.54) is 12.2 Å². The first-order valence-electron chi connectivity index (χ1n) is 5.74. The third kappa shape index (κ3) is 3.22. The second-order valence-electron chi connectivity index (χ2n) is 4.12. The van der Waals surface area contributed by atoms with Gasteiger partial charge < -0.3 is 0 Å². The summed E-state index contributed by atoms with van der Waals surface area (Å²) >= 11 is 0. The van der Waals surface area contributed by atoms with Gasteiger partial charge in [-0.15, -0.1) is 0 Å². The summed E-state index contributed by atoms with van der Waals surface area (Å²) in [6.07, 6.45) is 2.42. The van der Waals surface area contributed by atoms with Crippen molar-refractivity contribution in [3.63, 3.8) is 0 Å². The van der Waals surface area contributed by atoms with Crippen molar-refractivity contribution in [1.82, 2.24) is 0 Å². The Hall–Kier alpha value is -2.10. The number of hydrogen-bond acceptors (Lipinski definition) is 1. The van der Waals surface area contributed by atoms with Crippen molar-refractivity contribution < 1.29 is 13.2 Å². The zero-order chi connectivity index (χ0) is 13.9. The van der Waals surface area contributed by atoms with Crippen molar-refractivity contribution in [1.29, 1.82) is 0 Å². The molecule has 2 rings (SSSR count). The van der Waals surface area contributed by atoms with Crippen LogP contribution in [0.5, 0.6) is 0 Å². The van der Waals surface area contributed by atoms with Crippen LogP contribution >= 0.6 is 0 Å². The Morgan fingerprint density at radius 1 is 1.05 bits per heavy atom. The molecular weight excluding hydrogens is 251 g/mol.